The number of halogens is 1. The summed E-state index contributed by atoms with van der Waals surface area (Å²) in [5.41, 5.74) is 0.742. The Bertz CT molecular complexity index is 729. The number of ketones is 1. The van der Waals surface area contributed by atoms with E-state index in [1.165, 1.54) is 25.1 Å². The Labute approximate surface area is 153 Å². The maximum atomic E-state index is 11.5. The molecule has 2 aromatic carbocycles. The number of carbonyl (C=O) groups is 1. The summed E-state index contributed by atoms with van der Waals surface area (Å²) < 4.78 is 5.58. The summed E-state index contributed by atoms with van der Waals surface area (Å²) in [6.45, 7) is 11.2. The van der Waals surface area contributed by atoms with E-state index in [0.717, 1.165) is 5.56 Å². The van der Waals surface area contributed by atoms with Crippen molar-refractivity contribution in [2.75, 3.05) is 0 Å². The lowest BCUT2D eigenvalue weighted by Gasteiger charge is -2.09. The van der Waals surface area contributed by atoms with Crippen LogP contribution in [0.5, 0.6) is 11.5 Å². The van der Waals surface area contributed by atoms with Crippen LogP contribution in [0.25, 0.3) is 0 Å². The standard InChI is InChI=1S/C15H12ClNO4.2C2H6/c1-9-3-6-15(13(16)7-9)21-11-4-5-14(17(19)20)12(8-11)10(2)18;2*1-2/h3-8H,1-2H3;2*1-2H3. The molecule has 0 aliphatic rings. The molecule has 0 aromatic heterocycles. The largest absolute Gasteiger partial charge is 0.456 e. The van der Waals surface area contributed by atoms with Crippen molar-refractivity contribution < 1.29 is 14.5 Å². The van der Waals surface area contributed by atoms with Gasteiger partial charge in [0, 0.05) is 6.07 Å². The second kappa shape index (κ2) is 11.2. The second-order valence-electron chi connectivity index (χ2n) is 4.53. The highest BCUT2D eigenvalue weighted by Gasteiger charge is 2.18. The van der Waals surface area contributed by atoms with Crippen molar-refractivity contribution in [1.82, 2.24) is 0 Å². The first-order valence-electron chi connectivity index (χ1n) is 8.12. The van der Waals surface area contributed by atoms with Crippen LogP contribution in [0.3, 0.4) is 0 Å². The molecule has 0 unspecified atom stereocenters. The molecule has 0 atom stereocenters. The zero-order valence-electron chi connectivity index (χ0n) is 15.4. The van der Waals surface area contributed by atoms with Crippen LogP contribution in [0, 0.1) is 17.0 Å². The Balaban J connectivity index is 0.00000134. The second-order valence-corrected chi connectivity index (χ2v) is 4.94. The molecule has 0 heterocycles. The summed E-state index contributed by atoms with van der Waals surface area (Å²) in [5.74, 6) is 0.337. The van der Waals surface area contributed by atoms with E-state index in [1.54, 1.807) is 12.1 Å². The van der Waals surface area contributed by atoms with Crippen molar-refractivity contribution in [2.24, 2.45) is 0 Å². The van der Waals surface area contributed by atoms with E-state index in [2.05, 4.69) is 0 Å². The zero-order chi connectivity index (χ0) is 19.6. The van der Waals surface area contributed by atoms with Crippen molar-refractivity contribution in [3.8, 4) is 11.5 Å². The highest BCUT2D eigenvalue weighted by atomic mass is 35.5. The molecule has 6 heteroatoms. The van der Waals surface area contributed by atoms with Gasteiger partial charge in [-0.25, -0.2) is 0 Å². The highest BCUT2D eigenvalue weighted by molar-refractivity contribution is 6.32. The fourth-order valence-electron chi connectivity index (χ4n) is 1.84. The number of hydrogen-bond acceptors (Lipinski definition) is 4. The Morgan fingerprint density at radius 2 is 1.68 bits per heavy atom. The van der Waals surface area contributed by atoms with E-state index in [-0.39, 0.29) is 11.3 Å². The van der Waals surface area contributed by atoms with Crippen LogP contribution in [0.15, 0.2) is 36.4 Å². The Morgan fingerprint density at radius 3 is 2.16 bits per heavy atom. The maximum absolute atomic E-state index is 11.5. The molecule has 0 radical (unpaired) electrons. The molecule has 2 rings (SSSR count). The van der Waals surface area contributed by atoms with Gasteiger partial charge in [0.25, 0.3) is 5.69 Å². The lowest BCUT2D eigenvalue weighted by molar-refractivity contribution is -0.385. The fourth-order valence-corrected chi connectivity index (χ4v) is 2.11. The third-order valence-electron chi connectivity index (χ3n) is 2.86. The van der Waals surface area contributed by atoms with Crippen LogP contribution in [-0.4, -0.2) is 10.7 Å². The van der Waals surface area contributed by atoms with Crippen LogP contribution < -0.4 is 4.74 Å². The molecule has 0 aliphatic carbocycles. The number of rotatable bonds is 4. The predicted molar refractivity (Wildman–Crippen MR) is 102 cm³/mol. The van der Waals surface area contributed by atoms with Gasteiger partial charge >= 0.3 is 0 Å². The van der Waals surface area contributed by atoms with Crippen LogP contribution in [0.4, 0.5) is 5.69 Å². The van der Waals surface area contributed by atoms with Crippen molar-refractivity contribution >= 4 is 23.1 Å². The molecule has 0 N–H and O–H groups in total. The van der Waals surface area contributed by atoms with Crippen molar-refractivity contribution in [1.29, 1.82) is 0 Å². The van der Waals surface area contributed by atoms with Gasteiger partial charge in [-0.05, 0) is 43.7 Å². The molecule has 2 aromatic rings. The smallest absolute Gasteiger partial charge is 0.280 e. The van der Waals surface area contributed by atoms with Gasteiger partial charge in [0.05, 0.1) is 15.5 Å². The van der Waals surface area contributed by atoms with Crippen LogP contribution in [0.2, 0.25) is 5.02 Å². The summed E-state index contributed by atoms with van der Waals surface area (Å²) in [6.07, 6.45) is 0. The minimum atomic E-state index is -0.598. The van der Waals surface area contributed by atoms with Crippen LogP contribution in [-0.2, 0) is 0 Å². The van der Waals surface area contributed by atoms with E-state index < -0.39 is 10.7 Å². The Kier molecular flexibility index (Phi) is 10.1. The number of Topliss-reactive ketones (excluding diaryl/α,β-unsaturated/α-hetero) is 1. The molecule has 136 valence electrons. The zero-order valence-corrected chi connectivity index (χ0v) is 16.2. The van der Waals surface area contributed by atoms with Crippen molar-refractivity contribution in [3.05, 3.63) is 62.7 Å². The monoisotopic (exact) mass is 365 g/mol. The summed E-state index contributed by atoms with van der Waals surface area (Å²) >= 11 is 6.06. The number of ether oxygens (including phenoxy) is 1. The van der Waals surface area contributed by atoms with E-state index in [1.807, 2.05) is 40.7 Å². The molecule has 5 nitrogen and oxygen atoms in total. The summed E-state index contributed by atoms with van der Waals surface area (Å²) in [7, 11) is 0. The lowest BCUT2D eigenvalue weighted by Crippen LogP contribution is -2.00. The molecule has 0 aliphatic heterocycles. The Morgan fingerprint density at radius 1 is 1.08 bits per heavy atom. The number of hydrogen-bond donors (Lipinski definition) is 0. The number of aryl methyl sites for hydroxylation is 1. The van der Waals surface area contributed by atoms with E-state index >= 15 is 0 Å². The first-order chi connectivity index (χ1) is 11.9. The average Bonchev–Trinajstić information content (AvgIpc) is 2.60. The van der Waals surface area contributed by atoms with Crippen molar-refractivity contribution in [3.63, 3.8) is 0 Å². The van der Waals surface area contributed by atoms with E-state index in [0.29, 0.717) is 16.5 Å². The van der Waals surface area contributed by atoms with Gasteiger partial charge in [0.15, 0.2) is 5.78 Å². The molecular weight excluding hydrogens is 342 g/mol. The average molecular weight is 366 g/mol. The first-order valence-corrected chi connectivity index (χ1v) is 8.49. The van der Waals surface area contributed by atoms with Gasteiger partial charge in [-0.3, -0.25) is 14.9 Å². The minimum absolute atomic E-state index is 0.000680. The maximum Gasteiger partial charge on any atom is 0.280 e. The van der Waals surface area contributed by atoms with Gasteiger partial charge in [-0.1, -0.05) is 45.4 Å². The van der Waals surface area contributed by atoms with E-state index in [9.17, 15) is 14.9 Å². The summed E-state index contributed by atoms with van der Waals surface area (Å²) in [5, 5.41) is 11.3. The minimum Gasteiger partial charge on any atom is -0.456 e. The molecule has 0 fully saturated rings. The SMILES string of the molecule is CC.CC.CC(=O)c1cc(Oc2ccc(C)cc2Cl)ccc1[N+](=O)[O-]. The number of nitrogens with zero attached hydrogens (tertiary/aromatic N) is 1. The van der Waals surface area contributed by atoms with E-state index in [4.69, 9.17) is 16.3 Å². The lowest BCUT2D eigenvalue weighted by atomic mass is 10.1. The first kappa shape index (κ1) is 22.6. The molecule has 0 saturated heterocycles. The van der Waals surface area contributed by atoms with Gasteiger partial charge in [0.2, 0.25) is 0 Å². The van der Waals surface area contributed by atoms with Crippen LogP contribution >= 0.6 is 11.6 Å². The number of benzene rings is 2. The quantitative estimate of drug-likeness (QED) is 0.347. The normalized spacial score (nSPS) is 9.08. The van der Waals surface area contributed by atoms with Gasteiger partial charge in [-0.2, -0.15) is 0 Å². The topological polar surface area (TPSA) is 69.4 Å². The fraction of sp³-hybridized carbons (Fsp3) is 0.316. The molecular formula is C19H24ClNO4. The molecule has 0 bridgehead atoms. The number of nitro benzene ring substituents is 1. The Hall–Kier alpha value is -2.40. The van der Waals surface area contributed by atoms with Crippen LogP contribution in [0.1, 0.15) is 50.5 Å². The van der Waals surface area contributed by atoms with Gasteiger partial charge in [-0.15, -0.1) is 0 Å². The third-order valence-corrected chi connectivity index (χ3v) is 3.15. The third kappa shape index (κ3) is 6.55. The van der Waals surface area contributed by atoms with Crippen molar-refractivity contribution in [2.45, 2.75) is 41.5 Å². The summed E-state index contributed by atoms with van der Waals surface area (Å²) in [4.78, 5) is 21.8. The highest BCUT2D eigenvalue weighted by Crippen LogP contribution is 2.32. The summed E-state index contributed by atoms with van der Waals surface area (Å²) in [6, 6.07) is 9.30. The van der Waals surface area contributed by atoms with Gasteiger partial charge < -0.3 is 4.74 Å². The molecule has 0 amide bonds. The van der Waals surface area contributed by atoms with Gasteiger partial charge in [0.1, 0.15) is 11.5 Å². The molecule has 0 saturated carbocycles. The predicted octanol–water partition coefficient (Wildman–Crippen LogP) is 6.60. The number of carbonyl (C=O) groups excluding carboxylic acids is 1. The number of nitro groups is 1. The molecule has 0 spiro atoms. The molecule has 25 heavy (non-hydrogen) atoms.